The second-order valence-electron chi connectivity index (χ2n) is 2.65. The minimum absolute atomic E-state index is 0.139. The zero-order chi connectivity index (χ0) is 9.84. The van der Waals surface area contributed by atoms with Gasteiger partial charge in [0.2, 0.25) is 6.43 Å². The van der Waals surface area contributed by atoms with Crippen LogP contribution in [-0.2, 0) is 0 Å². The summed E-state index contributed by atoms with van der Waals surface area (Å²) in [5.74, 6) is -2.14. The first-order valence-corrected chi connectivity index (χ1v) is 3.80. The predicted molar refractivity (Wildman–Crippen MR) is 42.2 cm³/mol. The molecule has 13 heavy (non-hydrogen) atoms. The van der Waals surface area contributed by atoms with E-state index in [9.17, 15) is 13.2 Å². The highest BCUT2D eigenvalue weighted by Gasteiger charge is 2.23. The third-order valence-electron chi connectivity index (χ3n) is 1.81. The molecule has 0 amide bonds. The number of hydrogen-bond donors (Lipinski definition) is 1. The lowest BCUT2D eigenvalue weighted by Crippen LogP contribution is -2.14. The van der Waals surface area contributed by atoms with Gasteiger partial charge in [0.25, 0.3) is 0 Å². The molecule has 72 valence electrons. The van der Waals surface area contributed by atoms with Gasteiger partial charge < -0.3 is 5.11 Å². The number of aliphatic hydroxyl groups excluding tert-OH is 1. The Labute approximate surface area is 73.8 Å². The van der Waals surface area contributed by atoms with E-state index in [4.69, 9.17) is 5.11 Å². The fourth-order valence-corrected chi connectivity index (χ4v) is 1.09. The van der Waals surface area contributed by atoms with Gasteiger partial charge in [-0.25, -0.2) is 13.2 Å². The summed E-state index contributed by atoms with van der Waals surface area (Å²) >= 11 is 0. The van der Waals surface area contributed by atoms with Crippen LogP contribution in [0.5, 0.6) is 0 Å². The van der Waals surface area contributed by atoms with Gasteiger partial charge in [-0.1, -0.05) is 18.2 Å². The maximum atomic E-state index is 12.9. The third kappa shape index (κ3) is 2.21. The SMILES string of the molecule is OCC(c1ccccc1F)C(F)F. The van der Waals surface area contributed by atoms with Crippen LogP contribution < -0.4 is 0 Å². The van der Waals surface area contributed by atoms with Crippen LogP contribution in [0.3, 0.4) is 0 Å². The Morgan fingerprint density at radius 1 is 1.23 bits per heavy atom. The first-order valence-electron chi connectivity index (χ1n) is 3.80. The second kappa shape index (κ2) is 4.28. The molecule has 1 aromatic carbocycles. The number of halogens is 3. The number of hydrogen-bond acceptors (Lipinski definition) is 1. The fraction of sp³-hybridized carbons (Fsp3) is 0.333. The van der Waals surface area contributed by atoms with Crippen LogP contribution in [0, 0.1) is 5.82 Å². The zero-order valence-corrected chi connectivity index (χ0v) is 6.75. The maximum Gasteiger partial charge on any atom is 0.247 e. The van der Waals surface area contributed by atoms with E-state index in [2.05, 4.69) is 0 Å². The van der Waals surface area contributed by atoms with E-state index in [1.165, 1.54) is 18.2 Å². The molecule has 1 unspecified atom stereocenters. The van der Waals surface area contributed by atoms with Crippen molar-refractivity contribution in [2.45, 2.75) is 12.3 Å². The van der Waals surface area contributed by atoms with Gasteiger partial charge in [0, 0.05) is 0 Å². The molecule has 4 heteroatoms. The summed E-state index contributed by atoms with van der Waals surface area (Å²) in [6.07, 6.45) is -2.75. The summed E-state index contributed by atoms with van der Waals surface area (Å²) in [7, 11) is 0. The van der Waals surface area contributed by atoms with E-state index in [-0.39, 0.29) is 5.56 Å². The van der Waals surface area contributed by atoms with Crippen LogP contribution in [0.25, 0.3) is 0 Å². The molecule has 0 fully saturated rings. The summed E-state index contributed by atoms with van der Waals surface area (Å²) in [5, 5.41) is 8.63. The van der Waals surface area contributed by atoms with Gasteiger partial charge in [-0.3, -0.25) is 0 Å². The number of rotatable bonds is 3. The number of aliphatic hydroxyl groups is 1. The average molecular weight is 190 g/mol. The van der Waals surface area contributed by atoms with Crippen molar-refractivity contribution in [3.63, 3.8) is 0 Å². The Morgan fingerprint density at radius 3 is 2.31 bits per heavy atom. The summed E-state index contributed by atoms with van der Waals surface area (Å²) in [6, 6.07) is 5.23. The van der Waals surface area contributed by atoms with Gasteiger partial charge in [0.05, 0.1) is 12.5 Å². The number of benzene rings is 1. The first-order chi connectivity index (χ1) is 6.16. The Morgan fingerprint density at radius 2 is 1.85 bits per heavy atom. The Bertz CT molecular complexity index is 275. The smallest absolute Gasteiger partial charge is 0.247 e. The first kappa shape index (κ1) is 10.1. The summed E-state index contributed by atoms with van der Waals surface area (Å²) in [5.41, 5.74) is -0.139. The lowest BCUT2D eigenvalue weighted by atomic mass is 10.0. The molecule has 0 aromatic heterocycles. The highest BCUT2D eigenvalue weighted by atomic mass is 19.3. The molecule has 1 aromatic rings. The van der Waals surface area contributed by atoms with Gasteiger partial charge in [0.1, 0.15) is 5.82 Å². The largest absolute Gasteiger partial charge is 0.396 e. The van der Waals surface area contributed by atoms with Gasteiger partial charge in [-0.2, -0.15) is 0 Å². The van der Waals surface area contributed by atoms with Crippen molar-refractivity contribution in [2.24, 2.45) is 0 Å². The lowest BCUT2D eigenvalue weighted by Gasteiger charge is -2.13. The van der Waals surface area contributed by atoms with Crippen LogP contribution in [0.2, 0.25) is 0 Å². The molecule has 0 saturated heterocycles. The molecule has 1 N–H and O–H groups in total. The summed E-state index contributed by atoms with van der Waals surface area (Å²) in [6.45, 7) is -0.751. The molecule has 0 aliphatic heterocycles. The van der Waals surface area contributed by atoms with Crippen molar-refractivity contribution in [2.75, 3.05) is 6.61 Å². The highest BCUT2D eigenvalue weighted by Crippen LogP contribution is 2.24. The van der Waals surface area contributed by atoms with E-state index in [0.717, 1.165) is 6.07 Å². The van der Waals surface area contributed by atoms with Crippen LogP contribution >= 0.6 is 0 Å². The van der Waals surface area contributed by atoms with E-state index in [1.807, 2.05) is 0 Å². The van der Waals surface area contributed by atoms with Gasteiger partial charge >= 0.3 is 0 Å². The lowest BCUT2D eigenvalue weighted by molar-refractivity contribution is 0.0794. The van der Waals surface area contributed by atoms with Crippen molar-refractivity contribution in [1.82, 2.24) is 0 Å². The van der Waals surface area contributed by atoms with Crippen molar-refractivity contribution in [3.05, 3.63) is 35.6 Å². The predicted octanol–water partition coefficient (Wildman–Crippen LogP) is 2.17. The van der Waals surface area contributed by atoms with Crippen molar-refractivity contribution in [1.29, 1.82) is 0 Å². The average Bonchev–Trinajstić information content (AvgIpc) is 2.09. The monoisotopic (exact) mass is 190 g/mol. The van der Waals surface area contributed by atoms with Crippen molar-refractivity contribution >= 4 is 0 Å². The van der Waals surface area contributed by atoms with Gasteiger partial charge in [-0.15, -0.1) is 0 Å². The molecule has 0 aliphatic carbocycles. The van der Waals surface area contributed by atoms with E-state index in [1.54, 1.807) is 0 Å². The molecular formula is C9H9F3O. The third-order valence-corrected chi connectivity index (χ3v) is 1.81. The number of alkyl halides is 2. The second-order valence-corrected chi connectivity index (χ2v) is 2.65. The molecule has 0 radical (unpaired) electrons. The van der Waals surface area contributed by atoms with Crippen molar-refractivity contribution in [3.8, 4) is 0 Å². The quantitative estimate of drug-likeness (QED) is 0.774. The summed E-state index contributed by atoms with van der Waals surface area (Å²) < 4.78 is 37.4. The molecule has 1 nitrogen and oxygen atoms in total. The molecular weight excluding hydrogens is 181 g/mol. The van der Waals surface area contributed by atoms with E-state index in [0.29, 0.717) is 0 Å². The molecule has 0 aliphatic rings. The minimum Gasteiger partial charge on any atom is -0.396 e. The Kier molecular flexibility index (Phi) is 3.31. The van der Waals surface area contributed by atoms with Crippen LogP contribution in [0.1, 0.15) is 11.5 Å². The van der Waals surface area contributed by atoms with Crippen LogP contribution in [-0.4, -0.2) is 18.1 Å². The van der Waals surface area contributed by atoms with Gasteiger partial charge in [0.15, 0.2) is 0 Å². The molecule has 0 bridgehead atoms. The van der Waals surface area contributed by atoms with E-state index < -0.39 is 24.8 Å². The van der Waals surface area contributed by atoms with Gasteiger partial charge in [-0.05, 0) is 11.6 Å². The topological polar surface area (TPSA) is 20.2 Å². The molecule has 1 rings (SSSR count). The zero-order valence-electron chi connectivity index (χ0n) is 6.75. The molecule has 0 spiro atoms. The minimum atomic E-state index is -2.75. The maximum absolute atomic E-state index is 12.9. The standard InChI is InChI=1S/C9H9F3O/c10-8-4-2-1-3-6(8)7(5-13)9(11)12/h1-4,7,9,13H,5H2. The normalized spacial score (nSPS) is 13.3. The fourth-order valence-electron chi connectivity index (χ4n) is 1.09. The van der Waals surface area contributed by atoms with E-state index >= 15 is 0 Å². The van der Waals surface area contributed by atoms with Crippen LogP contribution in [0.15, 0.2) is 24.3 Å². The molecule has 1 atom stereocenters. The molecule has 0 saturated carbocycles. The molecule has 0 heterocycles. The Balaban J connectivity index is 2.97. The highest BCUT2D eigenvalue weighted by molar-refractivity contribution is 5.22. The Hall–Kier alpha value is -1.03. The summed E-state index contributed by atoms with van der Waals surface area (Å²) in [4.78, 5) is 0. The van der Waals surface area contributed by atoms with Crippen LogP contribution in [0.4, 0.5) is 13.2 Å². The van der Waals surface area contributed by atoms with Crippen molar-refractivity contribution < 1.29 is 18.3 Å².